The van der Waals surface area contributed by atoms with Crippen molar-refractivity contribution < 1.29 is 19.2 Å². The summed E-state index contributed by atoms with van der Waals surface area (Å²) in [6.45, 7) is 2.33. The Kier molecular flexibility index (Phi) is 4.84. The summed E-state index contributed by atoms with van der Waals surface area (Å²) < 4.78 is 4.93. The number of nitro groups is 1. The van der Waals surface area contributed by atoms with Crippen LogP contribution < -0.4 is 0 Å². The Hall–Kier alpha value is -3.55. The molecule has 2 aromatic rings. The number of aliphatic imine (C=N–C) groups is 1. The number of hydrogen-bond donors (Lipinski definition) is 0. The molecule has 0 radical (unpaired) electrons. The first kappa shape index (κ1) is 18.8. The summed E-state index contributed by atoms with van der Waals surface area (Å²) in [6.07, 6.45) is -0.631. The number of hydrogen-bond acceptors (Lipinski definition) is 6. The largest absolute Gasteiger partial charge is 0.447 e. The number of imide groups is 1. The van der Waals surface area contributed by atoms with Gasteiger partial charge in [0.05, 0.1) is 29.1 Å². The van der Waals surface area contributed by atoms with Crippen molar-refractivity contribution in [3.63, 3.8) is 0 Å². The van der Waals surface area contributed by atoms with E-state index in [1.807, 2.05) is 37.3 Å². The maximum Gasteiger partial charge on any atom is 0.416 e. The molecule has 2 amide bonds. The Bertz CT molecular complexity index is 987. The van der Waals surface area contributed by atoms with Gasteiger partial charge in [-0.3, -0.25) is 19.9 Å². The van der Waals surface area contributed by atoms with Crippen LogP contribution in [0.4, 0.5) is 10.5 Å². The molecule has 2 heterocycles. The number of ether oxygens (including phenoxy) is 1. The molecule has 0 saturated carbocycles. The Morgan fingerprint density at radius 1 is 1.17 bits per heavy atom. The van der Waals surface area contributed by atoms with E-state index >= 15 is 0 Å². The zero-order valence-corrected chi connectivity index (χ0v) is 15.7. The van der Waals surface area contributed by atoms with Crippen molar-refractivity contribution in [1.29, 1.82) is 0 Å². The Labute approximate surface area is 167 Å². The van der Waals surface area contributed by atoms with Gasteiger partial charge < -0.3 is 4.74 Å². The van der Waals surface area contributed by atoms with Gasteiger partial charge in [-0.15, -0.1) is 0 Å². The molecule has 4 rings (SSSR count). The van der Waals surface area contributed by atoms with Gasteiger partial charge in [0.1, 0.15) is 6.61 Å². The van der Waals surface area contributed by atoms with E-state index in [1.54, 1.807) is 12.1 Å². The van der Waals surface area contributed by atoms with E-state index in [1.165, 1.54) is 12.1 Å². The van der Waals surface area contributed by atoms with Crippen molar-refractivity contribution in [3.05, 3.63) is 75.8 Å². The highest BCUT2D eigenvalue weighted by molar-refractivity contribution is 6.16. The average molecular weight is 393 g/mol. The maximum absolute atomic E-state index is 13.2. The van der Waals surface area contributed by atoms with Gasteiger partial charge in [-0.2, -0.15) is 0 Å². The number of carbonyl (C=O) groups is 2. The highest BCUT2D eigenvalue weighted by Crippen LogP contribution is 2.41. The van der Waals surface area contributed by atoms with Gasteiger partial charge in [0.15, 0.2) is 0 Å². The number of carbonyl (C=O) groups excluding carboxylic acids is 2. The van der Waals surface area contributed by atoms with E-state index in [4.69, 9.17) is 9.73 Å². The number of cyclic esters (lactones) is 1. The van der Waals surface area contributed by atoms with E-state index < -0.39 is 16.9 Å². The van der Waals surface area contributed by atoms with Crippen LogP contribution in [0.3, 0.4) is 0 Å². The molecule has 3 atom stereocenters. The molecule has 2 aliphatic rings. The zero-order valence-electron chi connectivity index (χ0n) is 15.7. The van der Waals surface area contributed by atoms with Crippen molar-refractivity contribution in [3.8, 4) is 0 Å². The first-order chi connectivity index (χ1) is 14.0. The lowest BCUT2D eigenvalue weighted by Gasteiger charge is -2.23. The molecule has 2 aromatic carbocycles. The molecule has 0 aliphatic carbocycles. The highest BCUT2D eigenvalue weighted by Gasteiger charge is 2.45. The second kappa shape index (κ2) is 7.46. The SMILES string of the molecule is C[C@H]1[C@H](C(=O)N2CCOC2=O)C(c2ccccc2)=N[C@H]1c1ccc([N+](=O)[O-])cc1. The summed E-state index contributed by atoms with van der Waals surface area (Å²) in [5.41, 5.74) is 2.22. The van der Waals surface area contributed by atoms with Crippen LogP contribution in [0.25, 0.3) is 0 Å². The molecule has 1 saturated heterocycles. The molecular formula is C21H19N3O5. The minimum atomic E-state index is -0.631. The van der Waals surface area contributed by atoms with Gasteiger partial charge in [0, 0.05) is 12.1 Å². The summed E-state index contributed by atoms with van der Waals surface area (Å²) in [6, 6.07) is 15.2. The van der Waals surface area contributed by atoms with E-state index in [2.05, 4.69) is 0 Å². The first-order valence-corrected chi connectivity index (χ1v) is 9.33. The Morgan fingerprint density at radius 2 is 1.86 bits per heavy atom. The van der Waals surface area contributed by atoms with E-state index in [0.717, 1.165) is 16.0 Å². The number of nitrogens with zero attached hydrogens (tertiary/aromatic N) is 3. The zero-order chi connectivity index (χ0) is 20.5. The lowest BCUT2D eigenvalue weighted by atomic mass is 9.82. The molecule has 8 heteroatoms. The molecule has 0 N–H and O–H groups in total. The molecule has 0 spiro atoms. The highest BCUT2D eigenvalue weighted by atomic mass is 16.6. The molecule has 8 nitrogen and oxygen atoms in total. The van der Waals surface area contributed by atoms with E-state index in [0.29, 0.717) is 5.71 Å². The first-order valence-electron chi connectivity index (χ1n) is 9.33. The van der Waals surface area contributed by atoms with Crippen molar-refractivity contribution in [1.82, 2.24) is 4.90 Å². The van der Waals surface area contributed by atoms with Crippen molar-refractivity contribution in [2.24, 2.45) is 16.8 Å². The van der Waals surface area contributed by atoms with Crippen LogP contribution in [0.15, 0.2) is 59.6 Å². The normalized spacial score (nSPS) is 23.6. The minimum Gasteiger partial charge on any atom is -0.447 e. The predicted molar refractivity (Wildman–Crippen MR) is 105 cm³/mol. The standard InChI is InChI=1S/C21H19N3O5/c1-13-17(20(25)23-11-12-29-21(23)26)19(14-5-3-2-4-6-14)22-18(13)15-7-9-16(10-8-15)24(27)28/h2-10,13,17-18H,11-12H2,1H3/t13-,17-,18+/m0/s1. The average Bonchev–Trinajstić information content (AvgIpc) is 3.31. The molecule has 2 aliphatic heterocycles. The van der Waals surface area contributed by atoms with E-state index in [-0.39, 0.29) is 36.7 Å². The fourth-order valence-electron chi connectivity index (χ4n) is 3.92. The van der Waals surface area contributed by atoms with Gasteiger partial charge in [-0.1, -0.05) is 49.4 Å². The second-order valence-electron chi connectivity index (χ2n) is 7.11. The Balaban J connectivity index is 1.72. The van der Waals surface area contributed by atoms with Crippen LogP contribution in [0.5, 0.6) is 0 Å². The van der Waals surface area contributed by atoms with E-state index in [9.17, 15) is 19.7 Å². The summed E-state index contributed by atoms with van der Waals surface area (Å²) in [5, 5.41) is 10.9. The third-order valence-corrected chi connectivity index (χ3v) is 5.40. The number of benzene rings is 2. The molecule has 148 valence electrons. The molecule has 0 unspecified atom stereocenters. The van der Waals surface area contributed by atoms with Crippen LogP contribution >= 0.6 is 0 Å². The van der Waals surface area contributed by atoms with Crippen LogP contribution in [0.1, 0.15) is 24.1 Å². The van der Waals surface area contributed by atoms with Gasteiger partial charge in [0.25, 0.3) is 5.69 Å². The summed E-state index contributed by atoms with van der Waals surface area (Å²) in [7, 11) is 0. The maximum atomic E-state index is 13.2. The van der Waals surface area contributed by atoms with Crippen molar-refractivity contribution >= 4 is 23.4 Å². The third kappa shape index (κ3) is 3.37. The molecule has 0 bridgehead atoms. The fraction of sp³-hybridized carbons (Fsp3) is 0.286. The van der Waals surface area contributed by atoms with Crippen molar-refractivity contribution in [2.75, 3.05) is 13.2 Å². The van der Waals surface area contributed by atoms with Gasteiger partial charge >= 0.3 is 6.09 Å². The van der Waals surface area contributed by atoms with Crippen LogP contribution in [0.2, 0.25) is 0 Å². The third-order valence-electron chi connectivity index (χ3n) is 5.40. The Morgan fingerprint density at radius 3 is 2.45 bits per heavy atom. The summed E-state index contributed by atoms with van der Waals surface area (Å²) >= 11 is 0. The number of amides is 2. The lowest BCUT2D eigenvalue weighted by Crippen LogP contribution is -2.41. The van der Waals surface area contributed by atoms with Crippen LogP contribution in [-0.2, 0) is 9.53 Å². The van der Waals surface area contributed by atoms with Gasteiger partial charge in [-0.25, -0.2) is 9.69 Å². The fourth-order valence-corrected chi connectivity index (χ4v) is 3.92. The van der Waals surface area contributed by atoms with Gasteiger partial charge in [-0.05, 0) is 17.0 Å². The second-order valence-corrected chi connectivity index (χ2v) is 7.11. The van der Waals surface area contributed by atoms with Crippen LogP contribution in [0, 0.1) is 22.0 Å². The smallest absolute Gasteiger partial charge is 0.416 e. The summed E-state index contributed by atoms with van der Waals surface area (Å²) in [4.78, 5) is 41.6. The molecule has 1 fully saturated rings. The molecular weight excluding hydrogens is 374 g/mol. The minimum absolute atomic E-state index is 0.000832. The monoisotopic (exact) mass is 393 g/mol. The topological polar surface area (TPSA) is 102 Å². The van der Waals surface area contributed by atoms with Crippen LogP contribution in [-0.4, -0.2) is 40.7 Å². The number of nitro benzene ring substituents is 1. The predicted octanol–water partition coefficient (Wildman–Crippen LogP) is 3.37. The molecule has 29 heavy (non-hydrogen) atoms. The summed E-state index contributed by atoms with van der Waals surface area (Å²) in [5.74, 6) is -1.16. The van der Waals surface area contributed by atoms with Gasteiger partial charge in [0.2, 0.25) is 5.91 Å². The van der Waals surface area contributed by atoms with Crippen molar-refractivity contribution in [2.45, 2.75) is 13.0 Å². The lowest BCUT2D eigenvalue weighted by molar-refractivity contribution is -0.384. The number of non-ortho nitro benzene ring substituents is 1. The molecule has 0 aromatic heterocycles. The number of rotatable bonds is 4. The quantitative estimate of drug-likeness (QED) is 0.585.